The van der Waals surface area contributed by atoms with Crippen LogP contribution >= 0.6 is 22.9 Å². The average Bonchev–Trinajstić information content (AvgIpc) is 3.51. The monoisotopic (exact) mass is 494 g/mol. The molecule has 0 amide bonds. The number of halogens is 1. The number of rotatable bonds is 4. The predicted molar refractivity (Wildman–Crippen MR) is 124 cm³/mol. The Morgan fingerprint density at radius 1 is 1.12 bits per heavy atom. The lowest BCUT2D eigenvalue weighted by molar-refractivity contribution is -0.660. The van der Waals surface area contributed by atoms with Gasteiger partial charge in [-0.1, -0.05) is 22.9 Å². The molecule has 12 heteroatoms. The first-order chi connectivity index (χ1) is 16.5. The molecule has 6 aromatic rings. The van der Waals surface area contributed by atoms with Gasteiger partial charge in [-0.3, -0.25) is 4.52 Å². The lowest BCUT2D eigenvalue weighted by Gasteiger charge is -2.00. The molecule has 0 aliphatic heterocycles. The van der Waals surface area contributed by atoms with Crippen LogP contribution in [0.2, 0.25) is 5.02 Å². The molecular weight excluding hydrogens is 482 g/mol. The lowest BCUT2D eigenvalue weighted by atomic mass is 10.1. The van der Waals surface area contributed by atoms with Crippen molar-refractivity contribution in [2.24, 2.45) is 0 Å². The number of imidazole rings is 1. The highest BCUT2D eigenvalue weighted by Crippen LogP contribution is 2.27. The average molecular weight is 495 g/mol. The Morgan fingerprint density at radius 3 is 2.71 bits per heavy atom. The van der Waals surface area contributed by atoms with Crippen LogP contribution in [0.4, 0.5) is 0 Å². The van der Waals surface area contributed by atoms with Crippen molar-refractivity contribution < 1.29 is 18.4 Å². The van der Waals surface area contributed by atoms with Gasteiger partial charge in [0.1, 0.15) is 11.3 Å². The Morgan fingerprint density at radius 2 is 1.94 bits per heavy atom. The maximum Gasteiger partial charge on any atom is 0.438 e. The summed E-state index contributed by atoms with van der Waals surface area (Å²) in [4.78, 5) is 30.0. The molecule has 0 aliphatic carbocycles. The third kappa shape index (κ3) is 3.29. The van der Waals surface area contributed by atoms with Crippen LogP contribution < -0.4 is 20.7 Å². The summed E-state index contributed by atoms with van der Waals surface area (Å²) in [6.07, 6.45) is 1.60. The molecule has 34 heavy (non-hydrogen) atoms. The molecule has 0 radical (unpaired) electrons. The van der Waals surface area contributed by atoms with Gasteiger partial charge in [-0.2, -0.15) is 0 Å². The standard InChI is InChI=1S/C22H12ClN5O5S/c1-31-14-5-3-13(4-6-14)28-18(21(30)33-26-28)19-25-27-10-16(24-22(27)34-19)15-9-11-8-12(23)2-7-17(11)32-20(15)29/h2-10H,1H3/p+1. The number of aromatic amines is 1. The minimum absolute atomic E-state index is 0.210. The molecule has 10 nitrogen and oxygen atoms in total. The first-order valence-corrected chi connectivity index (χ1v) is 11.1. The van der Waals surface area contributed by atoms with Crippen molar-refractivity contribution in [1.82, 2.24) is 19.9 Å². The van der Waals surface area contributed by atoms with Crippen molar-refractivity contribution in [2.45, 2.75) is 0 Å². The fourth-order valence-corrected chi connectivity index (χ4v) is 4.65. The van der Waals surface area contributed by atoms with Gasteiger partial charge in [-0.25, -0.2) is 19.1 Å². The third-order valence-electron chi connectivity index (χ3n) is 5.19. The SMILES string of the molecule is COc1ccc(-[n+]2[nH]oc(=O)c2-c2nn3cc(-c4cc5cc(Cl)ccc5oc4=O)nc3s2)cc1. The Balaban J connectivity index is 1.43. The van der Waals surface area contributed by atoms with Crippen molar-refractivity contribution in [3.63, 3.8) is 0 Å². The van der Waals surface area contributed by atoms with Crippen molar-refractivity contribution in [1.29, 1.82) is 0 Å². The molecule has 2 aromatic carbocycles. The van der Waals surface area contributed by atoms with Crippen molar-refractivity contribution in [3.05, 3.63) is 80.6 Å². The smallest absolute Gasteiger partial charge is 0.438 e. The van der Waals surface area contributed by atoms with Gasteiger partial charge in [0.15, 0.2) is 0 Å². The summed E-state index contributed by atoms with van der Waals surface area (Å²) in [5.41, 5.74) is 0.865. The van der Waals surface area contributed by atoms with E-state index in [4.69, 9.17) is 25.3 Å². The number of hydrogen-bond donors (Lipinski definition) is 1. The summed E-state index contributed by atoms with van der Waals surface area (Å²) < 4.78 is 18.6. The van der Waals surface area contributed by atoms with Gasteiger partial charge in [-0.15, -0.1) is 5.10 Å². The zero-order chi connectivity index (χ0) is 23.4. The number of ether oxygens (including phenoxy) is 1. The largest absolute Gasteiger partial charge is 0.497 e. The lowest BCUT2D eigenvalue weighted by Crippen LogP contribution is -2.36. The minimum Gasteiger partial charge on any atom is -0.497 e. The van der Waals surface area contributed by atoms with Crippen molar-refractivity contribution in [3.8, 4) is 33.4 Å². The number of aromatic nitrogens is 5. The van der Waals surface area contributed by atoms with E-state index in [0.717, 1.165) is 0 Å². The summed E-state index contributed by atoms with van der Waals surface area (Å²) in [5.74, 6) is 0.678. The second kappa shape index (κ2) is 7.68. The molecule has 0 aliphatic rings. The Labute approximate surface area is 198 Å². The van der Waals surface area contributed by atoms with E-state index in [1.807, 2.05) is 0 Å². The Bertz CT molecular complexity index is 1780. The molecule has 4 heterocycles. The molecule has 6 rings (SSSR count). The third-order valence-corrected chi connectivity index (χ3v) is 6.36. The number of nitrogens with zero attached hydrogens (tertiary/aromatic N) is 4. The van der Waals surface area contributed by atoms with Crippen LogP contribution in [0.5, 0.6) is 5.75 Å². The molecule has 0 atom stereocenters. The number of methoxy groups -OCH3 is 1. The highest BCUT2D eigenvalue weighted by molar-refractivity contribution is 7.19. The van der Waals surface area contributed by atoms with Crippen molar-refractivity contribution in [2.75, 3.05) is 7.11 Å². The van der Waals surface area contributed by atoms with Gasteiger partial charge in [0.05, 0.1) is 24.6 Å². The topological polar surface area (TPSA) is 120 Å². The number of nitrogens with one attached hydrogen (secondary N) is 1. The van der Waals surface area contributed by atoms with E-state index in [1.54, 1.807) is 61.8 Å². The summed E-state index contributed by atoms with van der Waals surface area (Å²) in [6.45, 7) is 0. The Hall–Kier alpha value is -4.22. The van der Waals surface area contributed by atoms with E-state index in [2.05, 4.69) is 15.4 Å². The molecule has 0 fully saturated rings. The first-order valence-electron chi connectivity index (χ1n) is 9.88. The summed E-state index contributed by atoms with van der Waals surface area (Å²) >= 11 is 7.24. The molecule has 4 aromatic heterocycles. The van der Waals surface area contributed by atoms with Crippen LogP contribution in [0.3, 0.4) is 0 Å². The molecule has 0 saturated carbocycles. The number of H-pyrrole nitrogens is 1. The zero-order valence-electron chi connectivity index (χ0n) is 17.3. The van der Waals surface area contributed by atoms with E-state index in [-0.39, 0.29) is 11.3 Å². The van der Waals surface area contributed by atoms with E-state index in [0.29, 0.717) is 43.1 Å². The number of hydrogen-bond acceptors (Lipinski definition) is 8. The second-order valence-corrected chi connectivity index (χ2v) is 8.65. The van der Waals surface area contributed by atoms with Gasteiger partial charge in [0, 0.05) is 22.5 Å². The molecule has 0 unspecified atom stereocenters. The number of fused-ring (bicyclic) bond motifs is 2. The van der Waals surface area contributed by atoms with Crippen LogP contribution in [0, 0.1) is 0 Å². The normalized spacial score (nSPS) is 11.5. The fraction of sp³-hybridized carbons (Fsp3) is 0.0455. The molecule has 0 spiro atoms. The van der Waals surface area contributed by atoms with Crippen LogP contribution in [0.15, 0.2) is 73.3 Å². The van der Waals surface area contributed by atoms with Crippen molar-refractivity contribution >= 4 is 38.9 Å². The quantitative estimate of drug-likeness (QED) is 0.294. The first kappa shape index (κ1) is 20.4. The predicted octanol–water partition coefficient (Wildman–Crippen LogP) is 3.45. The molecule has 0 saturated heterocycles. The second-order valence-electron chi connectivity index (χ2n) is 7.25. The highest BCUT2D eigenvalue weighted by Gasteiger charge is 2.29. The van der Waals surface area contributed by atoms with E-state index < -0.39 is 11.3 Å². The zero-order valence-corrected chi connectivity index (χ0v) is 18.9. The maximum absolute atomic E-state index is 12.5. The van der Waals surface area contributed by atoms with E-state index in [9.17, 15) is 9.59 Å². The summed E-state index contributed by atoms with van der Waals surface area (Å²) in [6, 6.07) is 13.8. The van der Waals surface area contributed by atoms with E-state index in [1.165, 1.54) is 20.5 Å². The van der Waals surface area contributed by atoms with Crippen LogP contribution in [-0.4, -0.2) is 27.0 Å². The van der Waals surface area contributed by atoms with Gasteiger partial charge in [0.2, 0.25) is 15.7 Å². The number of benzene rings is 2. The summed E-state index contributed by atoms with van der Waals surface area (Å²) in [5, 5.41) is 8.66. The van der Waals surface area contributed by atoms with Gasteiger partial charge >= 0.3 is 16.9 Å². The Kier molecular flexibility index (Phi) is 4.61. The van der Waals surface area contributed by atoms with Crippen LogP contribution in [0.1, 0.15) is 0 Å². The van der Waals surface area contributed by atoms with E-state index >= 15 is 0 Å². The van der Waals surface area contributed by atoms with Gasteiger partial charge in [0.25, 0.3) is 0 Å². The summed E-state index contributed by atoms with van der Waals surface area (Å²) in [7, 11) is 1.57. The van der Waals surface area contributed by atoms with Gasteiger partial charge in [-0.05, 0) is 46.4 Å². The fourth-order valence-electron chi connectivity index (χ4n) is 3.57. The maximum atomic E-state index is 12.5. The van der Waals surface area contributed by atoms with Crippen LogP contribution in [-0.2, 0) is 0 Å². The minimum atomic E-state index is -0.583. The highest BCUT2D eigenvalue weighted by atomic mass is 35.5. The molecular formula is C22H13ClN5O5S+. The molecule has 168 valence electrons. The molecule has 1 N–H and O–H groups in total. The van der Waals surface area contributed by atoms with Gasteiger partial charge < -0.3 is 9.15 Å². The molecule has 0 bridgehead atoms. The van der Waals surface area contributed by atoms with Crippen LogP contribution in [0.25, 0.3) is 43.6 Å².